The molecular weight excluding hydrogens is 240 g/mol. The molecule has 0 saturated heterocycles. The van der Waals surface area contributed by atoms with Crippen molar-refractivity contribution in [3.05, 3.63) is 33.9 Å². The zero-order valence-corrected chi connectivity index (χ0v) is 8.26. The highest BCUT2D eigenvalue weighted by atomic mass is 19.3. The molecule has 92 valence electrons. The van der Waals surface area contributed by atoms with Crippen molar-refractivity contribution in [1.29, 1.82) is 0 Å². The van der Waals surface area contributed by atoms with E-state index in [2.05, 4.69) is 0 Å². The predicted molar refractivity (Wildman–Crippen MR) is 50.9 cm³/mol. The number of aliphatic carboxylic acids is 1. The third-order valence-corrected chi connectivity index (χ3v) is 1.97. The standard InChI is InChI=1S/C9H7F2NO5/c10-9(11,4-8(14)15)5-1-2-6(12(16)17)7(13)3-5/h1-3,13H,4H2,(H,14,15). The van der Waals surface area contributed by atoms with Gasteiger partial charge in [0.2, 0.25) is 0 Å². The minimum atomic E-state index is -3.70. The highest BCUT2D eigenvalue weighted by Gasteiger charge is 2.35. The predicted octanol–water partition coefficient (Wildman–Crippen LogP) is 1.87. The molecule has 1 aromatic carbocycles. The van der Waals surface area contributed by atoms with E-state index < -0.39 is 40.2 Å². The Kier molecular flexibility index (Phi) is 3.26. The number of phenols is 1. The first-order valence-corrected chi connectivity index (χ1v) is 4.31. The van der Waals surface area contributed by atoms with Gasteiger partial charge in [0.15, 0.2) is 5.75 Å². The van der Waals surface area contributed by atoms with Crippen LogP contribution < -0.4 is 0 Å². The first-order chi connectivity index (χ1) is 7.74. The van der Waals surface area contributed by atoms with Crippen molar-refractivity contribution in [2.75, 3.05) is 0 Å². The minimum Gasteiger partial charge on any atom is -0.502 e. The third kappa shape index (κ3) is 2.86. The molecule has 0 aliphatic carbocycles. The number of hydrogen-bond acceptors (Lipinski definition) is 4. The van der Waals surface area contributed by atoms with Crippen molar-refractivity contribution in [3.63, 3.8) is 0 Å². The van der Waals surface area contributed by atoms with Crippen LogP contribution in [-0.4, -0.2) is 21.1 Å². The van der Waals surface area contributed by atoms with Crippen molar-refractivity contribution >= 4 is 11.7 Å². The summed E-state index contributed by atoms with van der Waals surface area (Å²) < 4.78 is 26.5. The molecule has 1 rings (SSSR count). The number of carbonyl (C=O) groups is 1. The highest BCUT2D eigenvalue weighted by molar-refractivity contribution is 5.68. The molecule has 0 radical (unpaired) electrons. The second-order valence-electron chi connectivity index (χ2n) is 3.24. The lowest BCUT2D eigenvalue weighted by molar-refractivity contribution is -0.385. The van der Waals surface area contributed by atoms with Crippen molar-refractivity contribution in [2.45, 2.75) is 12.3 Å². The molecule has 0 bridgehead atoms. The molecule has 0 spiro atoms. The summed E-state index contributed by atoms with van der Waals surface area (Å²) in [7, 11) is 0. The maximum Gasteiger partial charge on any atom is 0.310 e. The molecule has 0 unspecified atom stereocenters. The van der Waals surface area contributed by atoms with Crippen LogP contribution in [0.3, 0.4) is 0 Å². The third-order valence-electron chi connectivity index (χ3n) is 1.97. The first-order valence-electron chi connectivity index (χ1n) is 4.31. The van der Waals surface area contributed by atoms with Crippen LogP contribution in [0.4, 0.5) is 14.5 Å². The van der Waals surface area contributed by atoms with Crippen LogP contribution in [0.2, 0.25) is 0 Å². The molecule has 8 heteroatoms. The smallest absolute Gasteiger partial charge is 0.310 e. The van der Waals surface area contributed by atoms with E-state index >= 15 is 0 Å². The Morgan fingerprint density at radius 1 is 1.47 bits per heavy atom. The van der Waals surface area contributed by atoms with Gasteiger partial charge in [-0.15, -0.1) is 0 Å². The van der Waals surface area contributed by atoms with Crippen molar-refractivity contribution < 1.29 is 28.7 Å². The first kappa shape index (κ1) is 12.8. The number of carboxylic acids is 1. The van der Waals surface area contributed by atoms with Crippen LogP contribution in [-0.2, 0) is 10.7 Å². The SMILES string of the molecule is O=C(O)CC(F)(F)c1ccc([N+](=O)[O-])c(O)c1. The maximum atomic E-state index is 13.3. The summed E-state index contributed by atoms with van der Waals surface area (Å²) >= 11 is 0. The van der Waals surface area contributed by atoms with E-state index in [0.717, 1.165) is 0 Å². The average Bonchev–Trinajstić information content (AvgIpc) is 2.14. The van der Waals surface area contributed by atoms with Gasteiger partial charge in [0.05, 0.1) is 4.92 Å². The van der Waals surface area contributed by atoms with E-state index in [4.69, 9.17) is 10.2 Å². The lowest BCUT2D eigenvalue weighted by atomic mass is 10.0. The number of aromatic hydroxyl groups is 1. The van der Waals surface area contributed by atoms with Crippen molar-refractivity contribution in [1.82, 2.24) is 0 Å². The minimum absolute atomic E-state index is 0.487. The van der Waals surface area contributed by atoms with Crippen molar-refractivity contribution in [2.24, 2.45) is 0 Å². The monoisotopic (exact) mass is 247 g/mol. The number of nitro groups is 1. The number of carboxylic acid groups (broad SMARTS) is 1. The van der Waals surface area contributed by atoms with Crippen LogP contribution in [0.15, 0.2) is 18.2 Å². The van der Waals surface area contributed by atoms with Gasteiger partial charge in [-0.3, -0.25) is 14.9 Å². The van der Waals surface area contributed by atoms with Crippen molar-refractivity contribution in [3.8, 4) is 5.75 Å². The molecular formula is C9H7F2NO5. The van der Waals surface area contributed by atoms with Crippen LogP contribution >= 0.6 is 0 Å². The highest BCUT2D eigenvalue weighted by Crippen LogP contribution is 2.36. The second kappa shape index (κ2) is 4.32. The Hall–Kier alpha value is -2.25. The molecule has 0 atom stereocenters. The molecule has 0 saturated carbocycles. The molecule has 2 N–H and O–H groups in total. The number of hydrogen-bond donors (Lipinski definition) is 2. The van der Waals surface area contributed by atoms with Gasteiger partial charge in [-0.2, -0.15) is 0 Å². The lowest BCUT2D eigenvalue weighted by Crippen LogP contribution is -2.18. The zero-order valence-electron chi connectivity index (χ0n) is 8.26. The number of nitrogens with zero attached hydrogens (tertiary/aromatic N) is 1. The Bertz CT molecular complexity index is 474. The van der Waals surface area contributed by atoms with E-state index in [1.807, 2.05) is 0 Å². The number of benzene rings is 1. The van der Waals surface area contributed by atoms with Gasteiger partial charge in [-0.1, -0.05) is 0 Å². The Morgan fingerprint density at radius 3 is 2.47 bits per heavy atom. The van der Waals surface area contributed by atoms with Gasteiger partial charge in [-0.05, 0) is 12.1 Å². The summed E-state index contributed by atoms with van der Waals surface area (Å²) in [5.41, 5.74) is -1.51. The fourth-order valence-electron chi connectivity index (χ4n) is 1.20. The fourth-order valence-corrected chi connectivity index (χ4v) is 1.20. The lowest BCUT2D eigenvalue weighted by Gasteiger charge is -2.14. The average molecular weight is 247 g/mol. The Morgan fingerprint density at radius 2 is 2.06 bits per heavy atom. The normalized spacial score (nSPS) is 11.2. The molecule has 0 aliphatic heterocycles. The number of nitro benzene ring substituents is 1. The number of rotatable bonds is 4. The van der Waals surface area contributed by atoms with E-state index in [-0.39, 0.29) is 0 Å². The zero-order chi connectivity index (χ0) is 13.2. The summed E-state index contributed by atoms with van der Waals surface area (Å²) in [6.07, 6.45) is -1.45. The Labute approximate surface area is 93.3 Å². The van der Waals surface area contributed by atoms with Crippen LogP contribution in [0.5, 0.6) is 5.75 Å². The Balaban J connectivity index is 3.13. The molecule has 0 aliphatic rings. The van der Waals surface area contributed by atoms with Gasteiger partial charge >= 0.3 is 11.7 Å². The van der Waals surface area contributed by atoms with Crippen LogP contribution in [0, 0.1) is 10.1 Å². The topological polar surface area (TPSA) is 101 Å². The number of halogens is 2. The molecule has 1 aromatic rings. The molecule has 0 heterocycles. The summed E-state index contributed by atoms with van der Waals surface area (Å²) in [6.45, 7) is 0. The summed E-state index contributed by atoms with van der Waals surface area (Å²) in [5.74, 6) is -6.34. The molecule has 0 aromatic heterocycles. The number of phenolic OH excluding ortho intramolecular Hbond substituents is 1. The van der Waals surface area contributed by atoms with E-state index in [9.17, 15) is 23.7 Å². The molecule has 17 heavy (non-hydrogen) atoms. The van der Waals surface area contributed by atoms with Gasteiger partial charge < -0.3 is 10.2 Å². The fraction of sp³-hybridized carbons (Fsp3) is 0.222. The quantitative estimate of drug-likeness (QED) is 0.624. The summed E-state index contributed by atoms with van der Waals surface area (Å²) in [5, 5.41) is 27.7. The van der Waals surface area contributed by atoms with Crippen LogP contribution in [0.1, 0.15) is 12.0 Å². The van der Waals surface area contributed by atoms with Gasteiger partial charge in [0, 0.05) is 11.6 Å². The largest absolute Gasteiger partial charge is 0.502 e. The van der Waals surface area contributed by atoms with Gasteiger partial charge in [0.1, 0.15) is 6.42 Å². The molecule has 0 fully saturated rings. The van der Waals surface area contributed by atoms with E-state index in [0.29, 0.717) is 18.2 Å². The summed E-state index contributed by atoms with van der Waals surface area (Å²) in [6, 6.07) is 1.89. The van der Waals surface area contributed by atoms with Crippen LogP contribution in [0.25, 0.3) is 0 Å². The second-order valence-corrected chi connectivity index (χ2v) is 3.24. The van der Waals surface area contributed by atoms with Gasteiger partial charge in [-0.25, -0.2) is 8.78 Å². The summed E-state index contributed by atoms with van der Waals surface area (Å²) in [4.78, 5) is 19.6. The van der Waals surface area contributed by atoms with E-state index in [1.165, 1.54) is 0 Å². The maximum absolute atomic E-state index is 13.3. The van der Waals surface area contributed by atoms with E-state index in [1.54, 1.807) is 0 Å². The molecule has 0 amide bonds. The van der Waals surface area contributed by atoms with Gasteiger partial charge in [0.25, 0.3) is 5.92 Å². The number of alkyl halides is 2. The molecule has 6 nitrogen and oxygen atoms in total.